The van der Waals surface area contributed by atoms with Crippen molar-refractivity contribution in [2.24, 2.45) is 11.8 Å². The average Bonchev–Trinajstić information content (AvgIpc) is 2.94. The van der Waals surface area contributed by atoms with Crippen molar-refractivity contribution in [3.63, 3.8) is 0 Å². The third-order valence-corrected chi connectivity index (χ3v) is 3.93. The molecule has 1 N–H and O–H groups in total. The Balaban J connectivity index is 1.84. The smallest absolute Gasteiger partial charge is 0.254 e. The van der Waals surface area contributed by atoms with E-state index in [2.05, 4.69) is 5.32 Å². The van der Waals surface area contributed by atoms with E-state index in [1.54, 1.807) is 6.07 Å². The van der Waals surface area contributed by atoms with Crippen molar-refractivity contribution >= 4 is 17.5 Å². The Kier molecular flexibility index (Phi) is 4.11. The molecule has 17 heavy (non-hydrogen) atoms. The van der Waals surface area contributed by atoms with E-state index in [4.69, 9.17) is 16.0 Å². The molecule has 0 bridgehead atoms. The summed E-state index contributed by atoms with van der Waals surface area (Å²) in [5, 5.41) is 2.96. The molecule has 2 atom stereocenters. The summed E-state index contributed by atoms with van der Waals surface area (Å²) >= 11 is 5.91. The summed E-state index contributed by atoms with van der Waals surface area (Å²) in [6, 6.07) is 1.75. The van der Waals surface area contributed by atoms with Crippen molar-refractivity contribution in [1.82, 2.24) is 5.32 Å². The number of furan rings is 1. The highest BCUT2D eigenvalue weighted by molar-refractivity contribution is 6.18. The Morgan fingerprint density at radius 2 is 2.29 bits per heavy atom. The highest BCUT2D eigenvalue weighted by Gasteiger charge is 2.26. The van der Waals surface area contributed by atoms with Crippen molar-refractivity contribution < 1.29 is 9.21 Å². The fraction of sp³-hybridized carbons (Fsp3) is 0.615. The van der Waals surface area contributed by atoms with E-state index in [-0.39, 0.29) is 5.91 Å². The normalized spacial score (nSPS) is 23.9. The number of hydrogen-bond donors (Lipinski definition) is 1. The third kappa shape index (κ3) is 3.03. The minimum absolute atomic E-state index is 0.0536. The zero-order chi connectivity index (χ0) is 12.3. The van der Waals surface area contributed by atoms with E-state index >= 15 is 0 Å². The third-order valence-electron chi connectivity index (χ3n) is 3.53. The van der Waals surface area contributed by atoms with Gasteiger partial charge >= 0.3 is 0 Å². The number of alkyl halides is 1. The maximum atomic E-state index is 11.8. The minimum atomic E-state index is -0.0536. The van der Waals surface area contributed by atoms with Gasteiger partial charge < -0.3 is 9.73 Å². The lowest BCUT2D eigenvalue weighted by Gasteiger charge is -2.17. The van der Waals surface area contributed by atoms with Crippen LogP contribution >= 0.6 is 11.6 Å². The summed E-state index contributed by atoms with van der Waals surface area (Å²) in [7, 11) is 0. The molecule has 0 aliphatic heterocycles. The Labute approximate surface area is 107 Å². The lowest BCUT2D eigenvalue weighted by molar-refractivity contribution is 0.0944. The molecular weight excluding hydrogens is 238 g/mol. The number of amides is 1. The molecule has 4 heteroatoms. The lowest BCUT2D eigenvalue weighted by atomic mass is 9.98. The zero-order valence-electron chi connectivity index (χ0n) is 10.0. The number of halogens is 1. The van der Waals surface area contributed by atoms with Gasteiger partial charge in [0.15, 0.2) is 0 Å². The van der Waals surface area contributed by atoms with Crippen LogP contribution in [0.5, 0.6) is 0 Å². The molecule has 0 aromatic carbocycles. The SMILES string of the molecule is Cc1cc(C(=O)NCC2CCCC2CCl)co1. The van der Waals surface area contributed by atoms with E-state index in [0.29, 0.717) is 23.3 Å². The molecule has 2 rings (SSSR count). The fourth-order valence-corrected chi connectivity index (χ4v) is 2.88. The Hall–Kier alpha value is -0.960. The maximum absolute atomic E-state index is 11.8. The molecule has 0 saturated heterocycles. The van der Waals surface area contributed by atoms with Crippen molar-refractivity contribution in [3.05, 3.63) is 23.7 Å². The first-order valence-corrected chi connectivity index (χ1v) is 6.63. The van der Waals surface area contributed by atoms with Crippen molar-refractivity contribution in [2.45, 2.75) is 26.2 Å². The Bertz CT molecular complexity index is 389. The quantitative estimate of drug-likeness (QED) is 0.841. The second-order valence-corrected chi connectivity index (χ2v) is 5.07. The van der Waals surface area contributed by atoms with Crippen molar-refractivity contribution in [1.29, 1.82) is 0 Å². The van der Waals surface area contributed by atoms with Crippen LogP contribution in [0.4, 0.5) is 0 Å². The maximum Gasteiger partial charge on any atom is 0.254 e. The van der Waals surface area contributed by atoms with Crippen LogP contribution < -0.4 is 5.32 Å². The fourth-order valence-electron chi connectivity index (χ4n) is 2.47. The number of nitrogens with one attached hydrogen (secondary N) is 1. The summed E-state index contributed by atoms with van der Waals surface area (Å²) in [5.74, 6) is 2.50. The predicted molar refractivity (Wildman–Crippen MR) is 67.3 cm³/mol. The molecule has 1 aromatic rings. The first kappa shape index (κ1) is 12.5. The largest absolute Gasteiger partial charge is 0.469 e. The van der Waals surface area contributed by atoms with Gasteiger partial charge in [-0.3, -0.25) is 4.79 Å². The van der Waals surface area contributed by atoms with Gasteiger partial charge in [0.1, 0.15) is 12.0 Å². The topological polar surface area (TPSA) is 42.2 Å². The van der Waals surface area contributed by atoms with Crippen LogP contribution in [-0.2, 0) is 0 Å². The number of carbonyl (C=O) groups excluding carboxylic acids is 1. The standard InChI is InChI=1S/C13H18ClNO2/c1-9-5-12(8-17-9)13(16)15-7-11-4-2-3-10(11)6-14/h5,8,10-11H,2-4,6-7H2,1H3,(H,15,16). The molecule has 3 nitrogen and oxygen atoms in total. The molecular formula is C13H18ClNO2. The average molecular weight is 256 g/mol. The lowest BCUT2D eigenvalue weighted by Crippen LogP contribution is -2.31. The monoisotopic (exact) mass is 255 g/mol. The van der Waals surface area contributed by atoms with Gasteiger partial charge in [0.25, 0.3) is 5.91 Å². The molecule has 1 heterocycles. The van der Waals surface area contributed by atoms with Gasteiger partial charge in [0, 0.05) is 12.4 Å². The molecule has 1 aromatic heterocycles. The first-order valence-electron chi connectivity index (χ1n) is 6.10. The van der Waals surface area contributed by atoms with Gasteiger partial charge in [-0.2, -0.15) is 0 Å². The van der Waals surface area contributed by atoms with Gasteiger partial charge in [-0.1, -0.05) is 6.42 Å². The molecule has 0 spiro atoms. The van der Waals surface area contributed by atoms with Gasteiger partial charge in [0.05, 0.1) is 5.56 Å². The van der Waals surface area contributed by atoms with E-state index in [1.165, 1.54) is 25.5 Å². The number of aryl methyl sites for hydroxylation is 1. The Morgan fingerprint density at radius 1 is 1.53 bits per heavy atom. The van der Waals surface area contributed by atoms with Crippen molar-refractivity contribution in [2.75, 3.05) is 12.4 Å². The second-order valence-electron chi connectivity index (χ2n) is 4.76. The van der Waals surface area contributed by atoms with Crippen LogP contribution in [0.2, 0.25) is 0 Å². The van der Waals surface area contributed by atoms with Crippen LogP contribution in [0, 0.1) is 18.8 Å². The highest BCUT2D eigenvalue weighted by Crippen LogP contribution is 2.31. The van der Waals surface area contributed by atoms with E-state index in [9.17, 15) is 4.79 Å². The predicted octanol–water partition coefficient (Wildman–Crippen LogP) is 2.97. The van der Waals surface area contributed by atoms with Crippen LogP contribution in [-0.4, -0.2) is 18.3 Å². The van der Waals surface area contributed by atoms with Crippen molar-refractivity contribution in [3.8, 4) is 0 Å². The summed E-state index contributed by atoms with van der Waals surface area (Å²) in [6.45, 7) is 2.55. The van der Waals surface area contributed by atoms with E-state index < -0.39 is 0 Å². The summed E-state index contributed by atoms with van der Waals surface area (Å²) < 4.78 is 5.12. The minimum Gasteiger partial charge on any atom is -0.469 e. The number of carbonyl (C=O) groups is 1. The molecule has 2 unspecified atom stereocenters. The van der Waals surface area contributed by atoms with Crippen LogP contribution in [0.25, 0.3) is 0 Å². The molecule has 1 aliphatic rings. The summed E-state index contributed by atoms with van der Waals surface area (Å²) in [6.07, 6.45) is 5.08. The summed E-state index contributed by atoms with van der Waals surface area (Å²) in [5.41, 5.74) is 0.600. The highest BCUT2D eigenvalue weighted by atomic mass is 35.5. The summed E-state index contributed by atoms with van der Waals surface area (Å²) in [4.78, 5) is 11.8. The molecule has 1 amide bonds. The molecule has 1 fully saturated rings. The van der Waals surface area contributed by atoms with Gasteiger partial charge in [0.2, 0.25) is 0 Å². The molecule has 1 saturated carbocycles. The van der Waals surface area contributed by atoms with Crippen LogP contribution in [0.1, 0.15) is 35.4 Å². The van der Waals surface area contributed by atoms with Gasteiger partial charge in [-0.25, -0.2) is 0 Å². The van der Waals surface area contributed by atoms with Crippen LogP contribution in [0.3, 0.4) is 0 Å². The first-order chi connectivity index (χ1) is 8.20. The Morgan fingerprint density at radius 3 is 2.94 bits per heavy atom. The van der Waals surface area contributed by atoms with E-state index in [0.717, 1.165) is 12.3 Å². The number of rotatable bonds is 4. The molecule has 1 aliphatic carbocycles. The van der Waals surface area contributed by atoms with E-state index in [1.807, 2.05) is 6.92 Å². The zero-order valence-corrected chi connectivity index (χ0v) is 10.8. The molecule has 94 valence electrons. The van der Waals surface area contributed by atoms with Crippen LogP contribution in [0.15, 0.2) is 16.7 Å². The second kappa shape index (κ2) is 5.58. The number of hydrogen-bond acceptors (Lipinski definition) is 2. The van der Waals surface area contributed by atoms with Gasteiger partial charge in [-0.15, -0.1) is 11.6 Å². The molecule has 0 radical (unpaired) electrons. The van der Waals surface area contributed by atoms with Gasteiger partial charge in [-0.05, 0) is 37.7 Å².